The van der Waals surface area contributed by atoms with Crippen LogP contribution in [0, 0.1) is 0 Å². The van der Waals surface area contributed by atoms with Crippen molar-refractivity contribution in [3.8, 4) is 0 Å². The van der Waals surface area contributed by atoms with Crippen molar-refractivity contribution in [3.63, 3.8) is 0 Å². The van der Waals surface area contributed by atoms with Crippen LogP contribution in [0.15, 0.2) is 30.3 Å². The average Bonchev–Trinajstić information content (AvgIpc) is 2.33. The minimum atomic E-state index is -0.616. The number of nitrogens with two attached hydrogens (primary N) is 1. The second kappa shape index (κ2) is 5.08. The zero-order valence-electron chi connectivity index (χ0n) is 10.7. The van der Waals surface area contributed by atoms with Gasteiger partial charge in [-0.3, -0.25) is 9.69 Å². The van der Waals surface area contributed by atoms with E-state index in [1.165, 1.54) is 0 Å². The lowest BCUT2D eigenvalue weighted by Crippen LogP contribution is -2.47. The zero-order valence-corrected chi connectivity index (χ0v) is 10.7. The first-order chi connectivity index (χ1) is 8.49. The molecule has 3 N–H and O–H groups in total. The van der Waals surface area contributed by atoms with Crippen molar-refractivity contribution in [2.45, 2.75) is 31.4 Å². The highest BCUT2D eigenvalue weighted by molar-refractivity contribution is 5.81. The summed E-state index contributed by atoms with van der Waals surface area (Å²) in [5, 5.41) is 9.94. The van der Waals surface area contributed by atoms with Crippen LogP contribution >= 0.6 is 0 Å². The Morgan fingerprint density at radius 2 is 1.89 bits per heavy atom. The number of aliphatic hydroxyl groups is 1. The summed E-state index contributed by atoms with van der Waals surface area (Å²) < 4.78 is 0. The molecule has 0 aromatic heterocycles. The Morgan fingerprint density at radius 1 is 1.33 bits per heavy atom. The lowest BCUT2D eigenvalue weighted by molar-refractivity contribution is -0.125. The molecule has 0 unspecified atom stereocenters. The highest BCUT2D eigenvalue weighted by atomic mass is 16.3. The predicted molar refractivity (Wildman–Crippen MR) is 69.8 cm³/mol. The molecule has 1 atom stereocenters. The molecule has 1 aliphatic heterocycles. The van der Waals surface area contributed by atoms with Gasteiger partial charge >= 0.3 is 0 Å². The van der Waals surface area contributed by atoms with E-state index in [0.717, 1.165) is 5.56 Å². The predicted octanol–water partition coefficient (Wildman–Crippen LogP) is 1.06. The number of piperidine rings is 1. The maximum Gasteiger partial charge on any atom is 0.239 e. The number of amides is 1. The fourth-order valence-electron chi connectivity index (χ4n) is 2.45. The summed E-state index contributed by atoms with van der Waals surface area (Å²) in [4.78, 5) is 13.7. The normalized spacial score (nSPS) is 21.4. The molecule has 0 saturated carbocycles. The summed E-state index contributed by atoms with van der Waals surface area (Å²) in [5.41, 5.74) is 5.83. The Balaban J connectivity index is 2.15. The lowest BCUT2D eigenvalue weighted by Gasteiger charge is -2.39. The third-order valence-corrected chi connectivity index (χ3v) is 3.63. The summed E-state index contributed by atoms with van der Waals surface area (Å²) in [6.45, 7) is 3.22. The number of primary amides is 1. The number of likely N-dealkylation sites (tertiary alicyclic amines) is 1. The number of carbonyl (C=O) groups is 1. The van der Waals surface area contributed by atoms with Gasteiger partial charge in [0.2, 0.25) is 5.91 Å². The van der Waals surface area contributed by atoms with Crippen molar-refractivity contribution < 1.29 is 9.90 Å². The fourth-order valence-corrected chi connectivity index (χ4v) is 2.45. The van der Waals surface area contributed by atoms with Gasteiger partial charge in [-0.2, -0.15) is 0 Å². The first-order valence-corrected chi connectivity index (χ1v) is 6.30. The van der Waals surface area contributed by atoms with Gasteiger partial charge in [0.1, 0.15) is 6.04 Å². The molecule has 0 aliphatic carbocycles. The molecule has 1 amide bonds. The van der Waals surface area contributed by atoms with Crippen molar-refractivity contribution >= 4 is 5.91 Å². The SMILES string of the molecule is CC1(O)CCN([C@@H](C(N)=O)c2ccccc2)CC1. The van der Waals surface area contributed by atoms with Gasteiger partial charge < -0.3 is 10.8 Å². The molecule has 1 heterocycles. The molecule has 0 spiro atoms. The molecule has 1 aromatic rings. The van der Waals surface area contributed by atoms with E-state index in [1.807, 2.05) is 37.3 Å². The van der Waals surface area contributed by atoms with E-state index in [1.54, 1.807) is 0 Å². The molecule has 4 heteroatoms. The Bertz CT molecular complexity index is 407. The van der Waals surface area contributed by atoms with Crippen molar-refractivity contribution in [2.24, 2.45) is 5.73 Å². The van der Waals surface area contributed by atoms with Crippen LogP contribution in [-0.2, 0) is 4.79 Å². The summed E-state index contributed by atoms with van der Waals surface area (Å²) in [6, 6.07) is 9.19. The second-order valence-electron chi connectivity index (χ2n) is 5.25. The van der Waals surface area contributed by atoms with E-state index < -0.39 is 5.60 Å². The van der Waals surface area contributed by atoms with Crippen LogP contribution in [-0.4, -0.2) is 34.6 Å². The van der Waals surface area contributed by atoms with Crippen molar-refractivity contribution in [1.29, 1.82) is 0 Å². The van der Waals surface area contributed by atoms with Crippen LogP contribution in [0.1, 0.15) is 31.4 Å². The highest BCUT2D eigenvalue weighted by Gasteiger charge is 2.33. The van der Waals surface area contributed by atoms with Gasteiger partial charge in [0.25, 0.3) is 0 Å². The molecular formula is C14H20N2O2. The molecule has 18 heavy (non-hydrogen) atoms. The summed E-state index contributed by atoms with van der Waals surface area (Å²) >= 11 is 0. The first kappa shape index (κ1) is 13.1. The second-order valence-corrected chi connectivity index (χ2v) is 5.25. The molecule has 98 valence electrons. The third-order valence-electron chi connectivity index (χ3n) is 3.63. The standard InChI is InChI=1S/C14H20N2O2/c1-14(18)7-9-16(10-8-14)12(13(15)17)11-5-3-2-4-6-11/h2-6,12,18H,7-10H2,1H3,(H2,15,17)/t12-/m1/s1. The van der Waals surface area contributed by atoms with E-state index in [2.05, 4.69) is 4.90 Å². The Morgan fingerprint density at radius 3 is 2.39 bits per heavy atom. The van der Waals surface area contributed by atoms with Gasteiger partial charge in [-0.15, -0.1) is 0 Å². The van der Waals surface area contributed by atoms with Gasteiger partial charge in [0, 0.05) is 13.1 Å². The molecule has 1 fully saturated rings. The molecule has 1 saturated heterocycles. The molecule has 0 bridgehead atoms. The number of carbonyl (C=O) groups excluding carboxylic acids is 1. The minimum absolute atomic E-state index is 0.331. The number of benzene rings is 1. The van der Waals surface area contributed by atoms with Crippen LogP contribution in [0.3, 0.4) is 0 Å². The molecule has 1 aromatic carbocycles. The molecule has 2 rings (SSSR count). The smallest absolute Gasteiger partial charge is 0.239 e. The van der Waals surface area contributed by atoms with Crippen molar-refractivity contribution in [3.05, 3.63) is 35.9 Å². The number of hydrogen-bond donors (Lipinski definition) is 2. The summed E-state index contributed by atoms with van der Waals surface area (Å²) in [6.07, 6.45) is 1.34. The number of nitrogens with zero attached hydrogens (tertiary/aromatic N) is 1. The van der Waals surface area contributed by atoms with E-state index >= 15 is 0 Å². The fraction of sp³-hybridized carbons (Fsp3) is 0.500. The lowest BCUT2D eigenvalue weighted by atomic mass is 9.91. The Labute approximate surface area is 107 Å². The van der Waals surface area contributed by atoms with Gasteiger partial charge in [-0.25, -0.2) is 0 Å². The van der Waals surface area contributed by atoms with Crippen LogP contribution in [0.2, 0.25) is 0 Å². The van der Waals surface area contributed by atoms with Crippen LogP contribution in [0.4, 0.5) is 0 Å². The van der Waals surface area contributed by atoms with Gasteiger partial charge in [-0.1, -0.05) is 30.3 Å². The molecule has 0 radical (unpaired) electrons. The van der Waals surface area contributed by atoms with E-state index in [-0.39, 0.29) is 11.9 Å². The molecule has 1 aliphatic rings. The summed E-state index contributed by atoms with van der Waals surface area (Å²) in [5.74, 6) is -0.331. The monoisotopic (exact) mass is 248 g/mol. The van der Waals surface area contributed by atoms with E-state index in [9.17, 15) is 9.90 Å². The van der Waals surface area contributed by atoms with Gasteiger partial charge in [-0.05, 0) is 25.3 Å². The third kappa shape index (κ3) is 2.89. The minimum Gasteiger partial charge on any atom is -0.390 e. The zero-order chi connectivity index (χ0) is 13.2. The van der Waals surface area contributed by atoms with Crippen molar-refractivity contribution in [2.75, 3.05) is 13.1 Å². The van der Waals surface area contributed by atoms with E-state index in [4.69, 9.17) is 5.73 Å². The van der Waals surface area contributed by atoms with E-state index in [0.29, 0.717) is 25.9 Å². The largest absolute Gasteiger partial charge is 0.390 e. The van der Waals surface area contributed by atoms with Crippen LogP contribution in [0.5, 0.6) is 0 Å². The topological polar surface area (TPSA) is 66.6 Å². The van der Waals surface area contributed by atoms with Crippen molar-refractivity contribution in [1.82, 2.24) is 4.90 Å². The van der Waals surface area contributed by atoms with Crippen LogP contribution < -0.4 is 5.73 Å². The van der Waals surface area contributed by atoms with Crippen LogP contribution in [0.25, 0.3) is 0 Å². The van der Waals surface area contributed by atoms with Gasteiger partial charge in [0.05, 0.1) is 5.60 Å². The number of rotatable bonds is 3. The summed E-state index contributed by atoms with van der Waals surface area (Å²) in [7, 11) is 0. The van der Waals surface area contributed by atoms with Gasteiger partial charge in [0.15, 0.2) is 0 Å². The Hall–Kier alpha value is -1.39. The number of hydrogen-bond acceptors (Lipinski definition) is 3. The molecular weight excluding hydrogens is 228 g/mol. The quantitative estimate of drug-likeness (QED) is 0.840. The average molecular weight is 248 g/mol. The maximum absolute atomic E-state index is 11.7. The Kier molecular flexibility index (Phi) is 3.68. The maximum atomic E-state index is 11.7. The highest BCUT2D eigenvalue weighted by Crippen LogP contribution is 2.28. The molecule has 4 nitrogen and oxygen atoms in total. The first-order valence-electron chi connectivity index (χ1n) is 6.30.